The van der Waals surface area contributed by atoms with Crippen LogP contribution in [0.4, 0.5) is 10.5 Å². The van der Waals surface area contributed by atoms with Gasteiger partial charge in [-0.25, -0.2) is 9.59 Å². The predicted molar refractivity (Wildman–Crippen MR) is 60.5 cm³/mol. The second-order valence-electron chi connectivity index (χ2n) is 3.00. The Hall–Kier alpha value is -2.04. The summed E-state index contributed by atoms with van der Waals surface area (Å²) in [5.74, 6) is -0.367. The number of rotatable bonds is 3. The van der Waals surface area contributed by atoms with E-state index in [0.29, 0.717) is 17.9 Å². The molecule has 0 atom stereocenters. The molecule has 0 aliphatic carbocycles. The molecule has 0 fully saturated rings. The van der Waals surface area contributed by atoms with E-state index < -0.39 is 0 Å². The molecule has 5 heteroatoms. The largest absolute Gasteiger partial charge is 0.462 e. The van der Waals surface area contributed by atoms with Gasteiger partial charge < -0.3 is 15.4 Å². The first-order valence-electron chi connectivity index (χ1n) is 4.93. The van der Waals surface area contributed by atoms with E-state index >= 15 is 0 Å². The Bertz CT molecular complexity index is 373. The van der Waals surface area contributed by atoms with E-state index in [4.69, 9.17) is 4.74 Å². The van der Waals surface area contributed by atoms with E-state index in [1.807, 2.05) is 0 Å². The second-order valence-corrected chi connectivity index (χ2v) is 3.00. The fourth-order valence-electron chi connectivity index (χ4n) is 1.10. The topological polar surface area (TPSA) is 67.4 Å². The van der Waals surface area contributed by atoms with Gasteiger partial charge in [-0.15, -0.1) is 0 Å². The minimum absolute atomic E-state index is 0.302. The Labute approximate surface area is 93.8 Å². The quantitative estimate of drug-likeness (QED) is 0.763. The van der Waals surface area contributed by atoms with Crippen molar-refractivity contribution in [1.82, 2.24) is 5.32 Å². The van der Waals surface area contributed by atoms with Gasteiger partial charge in [0, 0.05) is 12.7 Å². The molecule has 2 N–H and O–H groups in total. The fraction of sp³-hybridized carbons (Fsp3) is 0.273. The van der Waals surface area contributed by atoms with Crippen LogP contribution in [-0.4, -0.2) is 25.7 Å². The maximum Gasteiger partial charge on any atom is 0.338 e. The summed E-state index contributed by atoms with van der Waals surface area (Å²) in [7, 11) is 1.53. The van der Waals surface area contributed by atoms with Gasteiger partial charge in [0.25, 0.3) is 0 Å². The molecule has 0 heterocycles. The standard InChI is InChI=1S/C11H14N2O3/c1-3-16-10(14)8-4-6-9(7-5-8)13-11(15)12-2/h4-7H,3H2,1-2H3,(H2,12,13,15). The first kappa shape index (κ1) is 12.0. The number of ether oxygens (including phenoxy) is 1. The summed E-state index contributed by atoms with van der Waals surface area (Å²) in [4.78, 5) is 22.3. The molecule has 0 saturated heterocycles. The molecule has 86 valence electrons. The summed E-state index contributed by atoms with van der Waals surface area (Å²) in [6.07, 6.45) is 0. The molecular formula is C11H14N2O3. The molecule has 0 aliphatic heterocycles. The molecule has 0 aromatic heterocycles. The molecule has 0 aliphatic rings. The Morgan fingerprint density at radius 3 is 2.38 bits per heavy atom. The first-order valence-corrected chi connectivity index (χ1v) is 4.93. The van der Waals surface area contributed by atoms with Crippen LogP contribution in [0.1, 0.15) is 17.3 Å². The number of carbonyl (C=O) groups is 2. The number of nitrogens with one attached hydrogen (secondary N) is 2. The van der Waals surface area contributed by atoms with Crippen LogP contribution in [-0.2, 0) is 4.74 Å². The van der Waals surface area contributed by atoms with Crippen LogP contribution in [0.5, 0.6) is 0 Å². The summed E-state index contributed by atoms with van der Waals surface area (Å²) < 4.78 is 4.83. The highest BCUT2D eigenvalue weighted by Gasteiger charge is 2.06. The summed E-state index contributed by atoms with van der Waals surface area (Å²) >= 11 is 0. The SMILES string of the molecule is CCOC(=O)c1ccc(NC(=O)NC)cc1. The minimum atomic E-state index is -0.367. The van der Waals surface area contributed by atoms with Crippen LogP contribution >= 0.6 is 0 Å². The Kier molecular flexibility index (Phi) is 4.32. The van der Waals surface area contributed by atoms with Crippen molar-refractivity contribution in [3.8, 4) is 0 Å². The highest BCUT2D eigenvalue weighted by atomic mass is 16.5. The van der Waals surface area contributed by atoms with Crippen molar-refractivity contribution in [2.75, 3.05) is 19.0 Å². The zero-order chi connectivity index (χ0) is 12.0. The van der Waals surface area contributed by atoms with Gasteiger partial charge in [0.15, 0.2) is 0 Å². The molecule has 16 heavy (non-hydrogen) atoms. The van der Waals surface area contributed by atoms with Gasteiger partial charge in [-0.2, -0.15) is 0 Å². The fourth-order valence-corrected chi connectivity index (χ4v) is 1.10. The van der Waals surface area contributed by atoms with Crippen LogP contribution in [0.2, 0.25) is 0 Å². The van der Waals surface area contributed by atoms with Gasteiger partial charge in [-0.05, 0) is 31.2 Å². The van der Waals surface area contributed by atoms with E-state index in [2.05, 4.69) is 10.6 Å². The molecule has 2 amide bonds. The first-order chi connectivity index (χ1) is 7.67. The molecule has 0 bridgehead atoms. The third-order valence-electron chi connectivity index (χ3n) is 1.88. The lowest BCUT2D eigenvalue weighted by molar-refractivity contribution is 0.0526. The molecule has 5 nitrogen and oxygen atoms in total. The van der Waals surface area contributed by atoms with Crippen molar-refractivity contribution in [2.45, 2.75) is 6.92 Å². The molecule has 0 spiro atoms. The van der Waals surface area contributed by atoms with Gasteiger partial charge >= 0.3 is 12.0 Å². The number of hydrogen-bond donors (Lipinski definition) is 2. The lowest BCUT2D eigenvalue weighted by Crippen LogP contribution is -2.24. The van der Waals surface area contributed by atoms with Crippen LogP contribution in [0.15, 0.2) is 24.3 Å². The summed E-state index contributed by atoms with van der Waals surface area (Å²) in [5, 5.41) is 5.02. The van der Waals surface area contributed by atoms with Gasteiger partial charge in [0.1, 0.15) is 0 Å². The van der Waals surface area contributed by atoms with Crippen LogP contribution in [0, 0.1) is 0 Å². The summed E-state index contributed by atoms with van der Waals surface area (Å²) in [5.41, 5.74) is 1.08. The van der Waals surface area contributed by atoms with E-state index in [-0.39, 0.29) is 12.0 Å². The van der Waals surface area contributed by atoms with E-state index in [1.54, 1.807) is 31.2 Å². The third kappa shape index (κ3) is 3.27. The Morgan fingerprint density at radius 2 is 1.88 bits per heavy atom. The minimum Gasteiger partial charge on any atom is -0.462 e. The van der Waals surface area contributed by atoms with Crippen LogP contribution in [0.25, 0.3) is 0 Å². The lowest BCUT2D eigenvalue weighted by atomic mass is 10.2. The van der Waals surface area contributed by atoms with Crippen LogP contribution in [0.3, 0.4) is 0 Å². The second kappa shape index (κ2) is 5.75. The van der Waals surface area contributed by atoms with Crippen molar-refractivity contribution < 1.29 is 14.3 Å². The Morgan fingerprint density at radius 1 is 1.25 bits per heavy atom. The highest BCUT2D eigenvalue weighted by molar-refractivity contribution is 5.92. The molecule has 1 aromatic rings. The maximum absolute atomic E-state index is 11.3. The zero-order valence-electron chi connectivity index (χ0n) is 9.24. The molecule has 1 aromatic carbocycles. The zero-order valence-corrected chi connectivity index (χ0v) is 9.24. The van der Waals surface area contributed by atoms with Gasteiger partial charge in [0.2, 0.25) is 0 Å². The van der Waals surface area contributed by atoms with Gasteiger partial charge in [0.05, 0.1) is 12.2 Å². The van der Waals surface area contributed by atoms with E-state index in [1.165, 1.54) is 7.05 Å². The van der Waals surface area contributed by atoms with Gasteiger partial charge in [-0.3, -0.25) is 0 Å². The number of urea groups is 1. The molecule has 0 radical (unpaired) electrons. The number of esters is 1. The number of amides is 2. The molecule has 1 rings (SSSR count). The summed E-state index contributed by atoms with van der Waals surface area (Å²) in [6, 6.07) is 6.18. The number of benzene rings is 1. The average molecular weight is 222 g/mol. The normalized spacial score (nSPS) is 9.38. The highest BCUT2D eigenvalue weighted by Crippen LogP contribution is 2.10. The van der Waals surface area contributed by atoms with Crippen molar-refractivity contribution in [3.63, 3.8) is 0 Å². The average Bonchev–Trinajstić information content (AvgIpc) is 2.30. The number of carbonyl (C=O) groups excluding carboxylic acids is 2. The molecule has 0 saturated carbocycles. The van der Waals surface area contributed by atoms with Crippen molar-refractivity contribution in [2.24, 2.45) is 0 Å². The number of hydrogen-bond acceptors (Lipinski definition) is 3. The maximum atomic E-state index is 11.3. The van der Waals surface area contributed by atoms with Crippen molar-refractivity contribution in [3.05, 3.63) is 29.8 Å². The summed E-state index contributed by atoms with van der Waals surface area (Å²) in [6.45, 7) is 2.09. The molecular weight excluding hydrogens is 208 g/mol. The van der Waals surface area contributed by atoms with E-state index in [0.717, 1.165) is 0 Å². The third-order valence-corrected chi connectivity index (χ3v) is 1.88. The van der Waals surface area contributed by atoms with E-state index in [9.17, 15) is 9.59 Å². The Balaban J connectivity index is 2.67. The van der Waals surface area contributed by atoms with Crippen LogP contribution < -0.4 is 10.6 Å². The smallest absolute Gasteiger partial charge is 0.338 e. The monoisotopic (exact) mass is 222 g/mol. The number of anilines is 1. The predicted octanol–water partition coefficient (Wildman–Crippen LogP) is 1.61. The van der Waals surface area contributed by atoms with Crippen molar-refractivity contribution in [1.29, 1.82) is 0 Å². The van der Waals surface area contributed by atoms with Gasteiger partial charge in [-0.1, -0.05) is 0 Å². The van der Waals surface area contributed by atoms with Crippen molar-refractivity contribution >= 4 is 17.7 Å². The lowest BCUT2D eigenvalue weighted by Gasteiger charge is -2.05. The molecule has 0 unspecified atom stereocenters.